The summed E-state index contributed by atoms with van der Waals surface area (Å²) in [6.45, 7) is 0. The van der Waals surface area contributed by atoms with Gasteiger partial charge >= 0.3 is 0 Å². The first-order valence-corrected chi connectivity index (χ1v) is 5.57. The minimum absolute atomic E-state index is 0.0686. The number of carbonyl (C=O) groups excluding carboxylic acids is 2. The number of methoxy groups -OCH3 is 1. The van der Waals surface area contributed by atoms with Gasteiger partial charge in [0.25, 0.3) is 0 Å². The minimum Gasteiger partial charge on any atom is -0.381 e. The van der Waals surface area contributed by atoms with Crippen LogP contribution in [-0.4, -0.2) is 25.0 Å². The van der Waals surface area contributed by atoms with Crippen LogP contribution in [0.25, 0.3) is 0 Å². The fourth-order valence-electron chi connectivity index (χ4n) is 2.68. The third kappa shape index (κ3) is 2.20. The molecule has 0 aromatic carbocycles. The Morgan fingerprint density at radius 3 is 2.33 bits per heavy atom. The third-order valence-electron chi connectivity index (χ3n) is 3.63. The molecule has 2 amide bonds. The molecule has 0 bridgehead atoms. The summed E-state index contributed by atoms with van der Waals surface area (Å²) in [5.41, 5.74) is 0. The highest BCUT2D eigenvalue weighted by Gasteiger charge is 2.38. The number of hydrogen-bond acceptors (Lipinski definition) is 3. The molecule has 1 N–H and O–H groups in total. The van der Waals surface area contributed by atoms with Crippen LogP contribution in [0.5, 0.6) is 0 Å². The van der Waals surface area contributed by atoms with Gasteiger partial charge < -0.3 is 4.74 Å². The maximum atomic E-state index is 11.5. The Hall–Kier alpha value is -0.900. The van der Waals surface area contributed by atoms with Gasteiger partial charge in [0.1, 0.15) is 0 Å². The number of hydrogen-bond donors (Lipinski definition) is 1. The molecule has 1 heterocycles. The predicted molar refractivity (Wildman–Crippen MR) is 54.0 cm³/mol. The van der Waals surface area contributed by atoms with Gasteiger partial charge in [-0.05, 0) is 31.6 Å². The number of amides is 2. The van der Waals surface area contributed by atoms with Gasteiger partial charge in [-0.25, -0.2) is 0 Å². The van der Waals surface area contributed by atoms with Gasteiger partial charge in [-0.2, -0.15) is 0 Å². The van der Waals surface area contributed by atoms with Crippen molar-refractivity contribution in [3.8, 4) is 0 Å². The standard InChI is InChI=1S/C11H17NO3/c1-15-8-4-2-7(3-5-8)9-6-10(13)12-11(9)14/h7-9H,2-6H2,1H3,(H,12,13,14). The molecule has 84 valence electrons. The summed E-state index contributed by atoms with van der Waals surface area (Å²) in [5, 5.41) is 2.38. The lowest BCUT2D eigenvalue weighted by molar-refractivity contribution is -0.126. The molecular formula is C11H17NO3. The summed E-state index contributed by atoms with van der Waals surface area (Å²) < 4.78 is 5.28. The molecule has 1 unspecified atom stereocenters. The average molecular weight is 211 g/mol. The second-order valence-corrected chi connectivity index (χ2v) is 4.50. The van der Waals surface area contributed by atoms with E-state index in [9.17, 15) is 9.59 Å². The average Bonchev–Trinajstić information content (AvgIpc) is 2.58. The van der Waals surface area contributed by atoms with Gasteiger partial charge in [-0.1, -0.05) is 0 Å². The molecule has 1 aliphatic carbocycles. The summed E-state index contributed by atoms with van der Waals surface area (Å²) in [6.07, 6.45) is 4.77. The second kappa shape index (κ2) is 4.31. The van der Waals surface area contributed by atoms with Crippen LogP contribution in [0, 0.1) is 11.8 Å². The maximum Gasteiger partial charge on any atom is 0.230 e. The van der Waals surface area contributed by atoms with E-state index in [1.165, 1.54) is 0 Å². The lowest BCUT2D eigenvalue weighted by Gasteiger charge is -2.29. The zero-order valence-electron chi connectivity index (χ0n) is 8.99. The highest BCUT2D eigenvalue weighted by atomic mass is 16.5. The highest BCUT2D eigenvalue weighted by Crippen LogP contribution is 2.34. The molecule has 1 atom stereocenters. The first kappa shape index (κ1) is 10.6. The molecule has 1 aliphatic heterocycles. The molecule has 2 aliphatic rings. The number of imide groups is 1. The summed E-state index contributed by atoms with van der Waals surface area (Å²) in [7, 11) is 1.73. The van der Waals surface area contributed by atoms with Crippen LogP contribution >= 0.6 is 0 Å². The van der Waals surface area contributed by atoms with E-state index in [4.69, 9.17) is 4.74 Å². The van der Waals surface area contributed by atoms with Gasteiger partial charge in [0.2, 0.25) is 11.8 Å². The van der Waals surface area contributed by atoms with Crippen molar-refractivity contribution >= 4 is 11.8 Å². The fraction of sp³-hybridized carbons (Fsp3) is 0.818. The van der Waals surface area contributed by atoms with Crippen molar-refractivity contribution in [3.05, 3.63) is 0 Å². The van der Waals surface area contributed by atoms with Crippen molar-refractivity contribution in [2.24, 2.45) is 11.8 Å². The van der Waals surface area contributed by atoms with Crippen LogP contribution in [-0.2, 0) is 14.3 Å². The van der Waals surface area contributed by atoms with E-state index >= 15 is 0 Å². The number of rotatable bonds is 2. The van der Waals surface area contributed by atoms with Crippen molar-refractivity contribution in [1.29, 1.82) is 0 Å². The molecule has 15 heavy (non-hydrogen) atoms. The van der Waals surface area contributed by atoms with E-state index < -0.39 is 0 Å². The van der Waals surface area contributed by atoms with Crippen LogP contribution in [0.2, 0.25) is 0 Å². The monoisotopic (exact) mass is 211 g/mol. The van der Waals surface area contributed by atoms with Crippen LogP contribution in [0.1, 0.15) is 32.1 Å². The third-order valence-corrected chi connectivity index (χ3v) is 3.63. The minimum atomic E-state index is -0.112. The second-order valence-electron chi connectivity index (χ2n) is 4.50. The Morgan fingerprint density at radius 2 is 1.87 bits per heavy atom. The van der Waals surface area contributed by atoms with Crippen molar-refractivity contribution in [2.45, 2.75) is 38.2 Å². The first-order chi connectivity index (χ1) is 7.20. The van der Waals surface area contributed by atoms with E-state index in [0.717, 1.165) is 25.7 Å². The van der Waals surface area contributed by atoms with Crippen LogP contribution in [0.15, 0.2) is 0 Å². The van der Waals surface area contributed by atoms with Crippen LogP contribution in [0.3, 0.4) is 0 Å². The normalized spacial score (nSPS) is 36.7. The maximum absolute atomic E-state index is 11.5. The fourth-order valence-corrected chi connectivity index (χ4v) is 2.68. The Labute approximate surface area is 89.4 Å². The molecular weight excluding hydrogens is 194 g/mol. The van der Waals surface area contributed by atoms with E-state index in [1.807, 2.05) is 0 Å². The van der Waals surface area contributed by atoms with Gasteiger partial charge in [-0.3, -0.25) is 14.9 Å². The van der Waals surface area contributed by atoms with Crippen molar-refractivity contribution in [1.82, 2.24) is 5.32 Å². The lowest BCUT2D eigenvalue weighted by Crippen LogP contribution is -2.30. The molecule has 0 spiro atoms. The Bertz CT molecular complexity index is 269. The van der Waals surface area contributed by atoms with Gasteiger partial charge in [0.15, 0.2) is 0 Å². The van der Waals surface area contributed by atoms with E-state index in [1.54, 1.807) is 7.11 Å². The van der Waals surface area contributed by atoms with Crippen molar-refractivity contribution in [3.63, 3.8) is 0 Å². The van der Waals surface area contributed by atoms with Gasteiger partial charge in [0.05, 0.1) is 6.10 Å². The summed E-state index contributed by atoms with van der Waals surface area (Å²) in [6, 6.07) is 0. The summed E-state index contributed by atoms with van der Waals surface area (Å²) in [5.74, 6) is 0.123. The van der Waals surface area contributed by atoms with Gasteiger partial charge in [-0.15, -0.1) is 0 Å². The molecule has 1 saturated carbocycles. The molecule has 4 heteroatoms. The molecule has 0 radical (unpaired) electrons. The Kier molecular flexibility index (Phi) is 3.05. The number of carbonyl (C=O) groups is 2. The molecule has 2 rings (SSSR count). The largest absolute Gasteiger partial charge is 0.381 e. The highest BCUT2D eigenvalue weighted by molar-refractivity contribution is 6.03. The molecule has 0 aromatic heterocycles. The quantitative estimate of drug-likeness (QED) is 0.689. The topological polar surface area (TPSA) is 55.4 Å². The summed E-state index contributed by atoms with van der Waals surface area (Å²) >= 11 is 0. The predicted octanol–water partition coefficient (Wildman–Crippen LogP) is 0.854. The van der Waals surface area contributed by atoms with Crippen LogP contribution in [0.4, 0.5) is 0 Å². The van der Waals surface area contributed by atoms with E-state index in [0.29, 0.717) is 18.4 Å². The lowest BCUT2D eigenvalue weighted by atomic mass is 9.78. The SMILES string of the molecule is COC1CCC(C2CC(=O)NC2=O)CC1. The Morgan fingerprint density at radius 1 is 1.20 bits per heavy atom. The zero-order valence-corrected chi connectivity index (χ0v) is 8.99. The van der Waals surface area contributed by atoms with E-state index in [-0.39, 0.29) is 17.7 Å². The first-order valence-electron chi connectivity index (χ1n) is 5.57. The molecule has 4 nitrogen and oxygen atoms in total. The Balaban J connectivity index is 1.90. The smallest absolute Gasteiger partial charge is 0.230 e. The number of nitrogens with one attached hydrogen (secondary N) is 1. The molecule has 1 saturated heterocycles. The van der Waals surface area contributed by atoms with Crippen molar-refractivity contribution < 1.29 is 14.3 Å². The number of ether oxygens (including phenoxy) is 1. The molecule has 2 fully saturated rings. The van der Waals surface area contributed by atoms with Crippen LogP contribution < -0.4 is 5.32 Å². The van der Waals surface area contributed by atoms with E-state index in [2.05, 4.69) is 5.32 Å². The van der Waals surface area contributed by atoms with Gasteiger partial charge in [0, 0.05) is 19.4 Å². The zero-order chi connectivity index (χ0) is 10.8. The van der Waals surface area contributed by atoms with Crippen molar-refractivity contribution in [2.75, 3.05) is 7.11 Å². The summed E-state index contributed by atoms with van der Waals surface area (Å²) in [4.78, 5) is 22.5. The molecule has 0 aromatic rings.